The van der Waals surface area contributed by atoms with E-state index in [0.29, 0.717) is 29.3 Å². The van der Waals surface area contributed by atoms with E-state index in [1.807, 2.05) is 41.3 Å². The number of rotatable bonds is 3. The Morgan fingerprint density at radius 1 is 0.969 bits per heavy atom. The van der Waals surface area contributed by atoms with Crippen LogP contribution in [0.3, 0.4) is 0 Å². The highest BCUT2D eigenvalue weighted by molar-refractivity contribution is 6.30. The minimum absolute atomic E-state index is 0.163. The molecule has 0 aliphatic carbocycles. The van der Waals surface area contributed by atoms with Crippen molar-refractivity contribution in [2.24, 2.45) is 0 Å². The molecule has 1 atom stereocenters. The number of nitrogens with zero attached hydrogens (tertiary/aromatic N) is 1. The molecule has 0 bridgehead atoms. The molecule has 2 aliphatic rings. The Labute approximate surface area is 189 Å². The molecule has 0 aromatic heterocycles. The fourth-order valence-electron chi connectivity index (χ4n) is 4.23. The summed E-state index contributed by atoms with van der Waals surface area (Å²) >= 11 is 6.11. The van der Waals surface area contributed by atoms with E-state index in [4.69, 9.17) is 26.3 Å². The predicted octanol–water partition coefficient (Wildman–Crippen LogP) is 3.98. The van der Waals surface area contributed by atoms with Crippen molar-refractivity contribution < 1.29 is 24.3 Å². The topological polar surface area (TPSA) is 88.1 Å². The van der Waals surface area contributed by atoms with Crippen molar-refractivity contribution in [3.8, 4) is 11.5 Å². The second kappa shape index (κ2) is 8.18. The van der Waals surface area contributed by atoms with Crippen LogP contribution in [0, 0.1) is 0 Å². The van der Waals surface area contributed by atoms with Crippen LogP contribution < -0.4 is 15.0 Å². The molecule has 2 aliphatic heterocycles. The molecule has 2 amide bonds. The second-order valence-electron chi connectivity index (χ2n) is 7.63. The molecule has 8 heteroatoms. The van der Waals surface area contributed by atoms with E-state index in [9.17, 15) is 9.59 Å². The van der Waals surface area contributed by atoms with E-state index >= 15 is 0 Å². The van der Waals surface area contributed by atoms with Gasteiger partial charge in [0.15, 0.2) is 11.5 Å². The molecule has 3 aromatic carbocycles. The van der Waals surface area contributed by atoms with Crippen molar-refractivity contribution in [1.82, 2.24) is 10.4 Å². The van der Waals surface area contributed by atoms with Crippen LogP contribution in [0.5, 0.6) is 11.5 Å². The lowest BCUT2D eigenvalue weighted by atomic mass is 9.87. The van der Waals surface area contributed by atoms with Crippen molar-refractivity contribution in [3.05, 3.63) is 93.5 Å². The molecule has 32 heavy (non-hydrogen) atoms. The summed E-state index contributed by atoms with van der Waals surface area (Å²) < 4.78 is 11.1. The Morgan fingerprint density at radius 3 is 2.31 bits per heavy atom. The van der Waals surface area contributed by atoms with Gasteiger partial charge < -0.3 is 14.4 Å². The molecule has 3 aromatic rings. The molecule has 0 saturated carbocycles. The molecule has 0 radical (unpaired) electrons. The van der Waals surface area contributed by atoms with Crippen LogP contribution in [0.2, 0.25) is 5.02 Å². The van der Waals surface area contributed by atoms with E-state index in [2.05, 4.69) is 0 Å². The second-order valence-corrected chi connectivity index (χ2v) is 8.06. The van der Waals surface area contributed by atoms with E-state index in [1.54, 1.807) is 17.6 Å². The summed E-state index contributed by atoms with van der Waals surface area (Å²) in [6.45, 7) is 0.692. The number of carbonyl (C=O) groups is 2. The molecule has 7 nitrogen and oxygen atoms in total. The minimum atomic E-state index is -0.633. The first-order chi connectivity index (χ1) is 15.5. The predicted molar refractivity (Wildman–Crippen MR) is 116 cm³/mol. The van der Waals surface area contributed by atoms with Crippen LogP contribution in [-0.4, -0.2) is 35.3 Å². The molecule has 2 N–H and O–H groups in total. The lowest BCUT2D eigenvalue weighted by Gasteiger charge is -2.38. The third-order valence-electron chi connectivity index (χ3n) is 5.80. The normalized spacial score (nSPS) is 16.4. The van der Waals surface area contributed by atoms with Gasteiger partial charge in [-0.05, 0) is 71.6 Å². The van der Waals surface area contributed by atoms with E-state index < -0.39 is 5.91 Å². The largest absolute Gasteiger partial charge is 0.454 e. The van der Waals surface area contributed by atoms with Gasteiger partial charge in [0.2, 0.25) is 6.79 Å². The van der Waals surface area contributed by atoms with Crippen molar-refractivity contribution in [2.75, 3.05) is 13.3 Å². The average molecular weight is 451 g/mol. The zero-order valence-electron chi connectivity index (χ0n) is 16.9. The van der Waals surface area contributed by atoms with Gasteiger partial charge in [-0.3, -0.25) is 14.8 Å². The highest BCUT2D eigenvalue weighted by Gasteiger charge is 2.34. The third-order valence-corrected chi connectivity index (χ3v) is 6.06. The first kappa shape index (κ1) is 20.4. The number of benzene rings is 3. The summed E-state index contributed by atoms with van der Waals surface area (Å²) in [5.41, 5.74) is 5.31. The summed E-state index contributed by atoms with van der Waals surface area (Å²) in [6.07, 6.45) is 0.673. The lowest BCUT2D eigenvalue weighted by molar-refractivity contribution is 0.0688. The monoisotopic (exact) mass is 450 g/mol. The zero-order valence-corrected chi connectivity index (χ0v) is 17.6. The summed E-state index contributed by atoms with van der Waals surface area (Å²) in [7, 11) is 0. The van der Waals surface area contributed by atoms with Crippen molar-refractivity contribution in [1.29, 1.82) is 0 Å². The molecule has 0 spiro atoms. The van der Waals surface area contributed by atoms with E-state index in [0.717, 1.165) is 22.4 Å². The van der Waals surface area contributed by atoms with Gasteiger partial charge in [0.25, 0.3) is 11.8 Å². The van der Waals surface area contributed by atoms with Gasteiger partial charge >= 0.3 is 0 Å². The first-order valence-corrected chi connectivity index (χ1v) is 10.5. The molecule has 5 rings (SSSR count). The number of hydrogen-bond donors (Lipinski definition) is 2. The van der Waals surface area contributed by atoms with Gasteiger partial charge in [0.1, 0.15) is 0 Å². The van der Waals surface area contributed by atoms with Gasteiger partial charge in [-0.2, -0.15) is 0 Å². The molecule has 2 heterocycles. The maximum atomic E-state index is 13.5. The molecule has 1 unspecified atom stereocenters. The number of hydroxylamine groups is 1. The fraction of sp³-hybridized carbons (Fsp3) is 0.167. The summed E-state index contributed by atoms with van der Waals surface area (Å²) in [5, 5.41) is 9.42. The molecule has 162 valence electrons. The standard InChI is InChI=1S/C24H19ClN2O5/c25-18-7-5-14(6-8-18)22-19-12-21-20(31-13-32-21)11-17(19)9-10-27(22)24(29)16-3-1-15(2-4-16)23(28)26-30/h1-8,11-12,22,30H,9-10,13H2,(H,26,28). The highest BCUT2D eigenvalue weighted by atomic mass is 35.5. The van der Waals surface area contributed by atoms with Gasteiger partial charge in [-0.15, -0.1) is 0 Å². The summed E-state index contributed by atoms with van der Waals surface area (Å²) in [4.78, 5) is 27.0. The van der Waals surface area contributed by atoms with Crippen LogP contribution in [0.25, 0.3) is 0 Å². The molecule has 0 fully saturated rings. The Bertz CT molecular complexity index is 1190. The molecule has 0 saturated heterocycles. The Morgan fingerprint density at radius 2 is 1.62 bits per heavy atom. The van der Waals surface area contributed by atoms with Crippen molar-refractivity contribution >= 4 is 23.4 Å². The maximum absolute atomic E-state index is 13.5. The first-order valence-electron chi connectivity index (χ1n) is 10.1. The lowest BCUT2D eigenvalue weighted by Crippen LogP contribution is -2.40. The van der Waals surface area contributed by atoms with Gasteiger partial charge in [0, 0.05) is 22.7 Å². The van der Waals surface area contributed by atoms with E-state index in [1.165, 1.54) is 12.1 Å². The highest BCUT2D eigenvalue weighted by Crippen LogP contribution is 2.43. The van der Waals surface area contributed by atoms with E-state index in [-0.39, 0.29) is 24.3 Å². The quantitative estimate of drug-likeness (QED) is 0.465. The van der Waals surface area contributed by atoms with Crippen LogP contribution >= 0.6 is 11.6 Å². The number of hydrogen-bond acceptors (Lipinski definition) is 5. The van der Waals surface area contributed by atoms with Crippen molar-refractivity contribution in [2.45, 2.75) is 12.5 Å². The Kier molecular flexibility index (Phi) is 5.20. The van der Waals surface area contributed by atoms with Crippen LogP contribution in [0.4, 0.5) is 0 Å². The van der Waals surface area contributed by atoms with Crippen molar-refractivity contribution in [3.63, 3.8) is 0 Å². The SMILES string of the molecule is O=C(NO)c1ccc(C(=O)N2CCc3cc4c(cc3C2c2ccc(Cl)cc2)OCO4)cc1. The average Bonchev–Trinajstić information content (AvgIpc) is 3.29. The van der Waals surface area contributed by atoms with Crippen LogP contribution in [0.15, 0.2) is 60.7 Å². The minimum Gasteiger partial charge on any atom is -0.454 e. The summed E-state index contributed by atoms with van der Waals surface area (Å²) in [5.74, 6) is 0.586. The molecular weight excluding hydrogens is 432 g/mol. The fourth-order valence-corrected chi connectivity index (χ4v) is 4.35. The number of nitrogens with one attached hydrogen (secondary N) is 1. The third kappa shape index (κ3) is 3.55. The Balaban J connectivity index is 1.55. The van der Waals surface area contributed by atoms with Crippen LogP contribution in [-0.2, 0) is 6.42 Å². The van der Waals surface area contributed by atoms with Gasteiger partial charge in [-0.1, -0.05) is 23.7 Å². The zero-order chi connectivity index (χ0) is 22.2. The van der Waals surface area contributed by atoms with Gasteiger partial charge in [0.05, 0.1) is 6.04 Å². The Hall–Kier alpha value is -3.55. The number of fused-ring (bicyclic) bond motifs is 2. The molecular formula is C24H19ClN2O5. The number of carbonyl (C=O) groups excluding carboxylic acids is 2. The smallest absolute Gasteiger partial charge is 0.274 e. The van der Waals surface area contributed by atoms with Gasteiger partial charge in [-0.25, -0.2) is 5.48 Å². The maximum Gasteiger partial charge on any atom is 0.274 e. The number of amides is 2. The van der Waals surface area contributed by atoms with Crippen LogP contribution in [0.1, 0.15) is 43.4 Å². The number of halogens is 1. The summed E-state index contributed by atoms with van der Waals surface area (Å²) in [6, 6.07) is 17.2. The number of ether oxygens (including phenoxy) is 2.